The van der Waals surface area contributed by atoms with Crippen LogP contribution >= 0.6 is 25.3 Å². The van der Waals surface area contributed by atoms with E-state index in [0.717, 1.165) is 56.5 Å². The summed E-state index contributed by atoms with van der Waals surface area (Å²) >= 11 is 8.46. The molecule has 182 valence electrons. The van der Waals surface area contributed by atoms with Gasteiger partial charge in [0, 0.05) is 43.2 Å². The third-order valence-corrected chi connectivity index (χ3v) is 6.87. The van der Waals surface area contributed by atoms with Gasteiger partial charge in [-0.15, -0.1) is 0 Å². The first-order valence-electron chi connectivity index (χ1n) is 11.5. The quantitative estimate of drug-likeness (QED) is 0.308. The molecule has 3 rings (SSSR count). The summed E-state index contributed by atoms with van der Waals surface area (Å²) in [7, 11) is 1.41. The van der Waals surface area contributed by atoms with E-state index in [4.69, 9.17) is 4.74 Å². The molecule has 1 fully saturated rings. The van der Waals surface area contributed by atoms with Gasteiger partial charge in [-0.1, -0.05) is 12.1 Å². The lowest BCUT2D eigenvalue weighted by molar-refractivity contribution is -0.137. The number of benzene rings is 1. The van der Waals surface area contributed by atoms with Gasteiger partial charge in [0.2, 0.25) is 5.91 Å². The molecule has 2 aliphatic heterocycles. The molecule has 0 aromatic heterocycles. The highest BCUT2D eigenvalue weighted by Gasteiger charge is 2.43. The van der Waals surface area contributed by atoms with E-state index in [1.165, 1.54) is 19.2 Å². The molecule has 2 atom stereocenters. The molecule has 1 aromatic carbocycles. The monoisotopic (exact) mass is 495 g/mol. The highest BCUT2D eigenvalue weighted by Crippen LogP contribution is 2.43. The maximum atomic E-state index is 13.5. The Balaban J connectivity index is 1.68. The number of esters is 1. The molecular weight excluding hydrogens is 461 g/mol. The number of methoxy groups -OCH3 is 1. The topological polar surface area (TPSA) is 61.9 Å². The van der Waals surface area contributed by atoms with Crippen LogP contribution in [0.3, 0.4) is 0 Å². The summed E-state index contributed by atoms with van der Waals surface area (Å²) in [5.41, 5.74) is 2.57. The number of hydrogen-bond acceptors (Lipinski definition) is 7. The molecule has 0 radical (unpaired) electrons. The van der Waals surface area contributed by atoms with E-state index >= 15 is 0 Å². The second-order valence-electron chi connectivity index (χ2n) is 8.51. The van der Waals surface area contributed by atoms with Crippen LogP contribution in [0.5, 0.6) is 0 Å². The zero-order valence-corrected chi connectivity index (χ0v) is 20.9. The summed E-state index contributed by atoms with van der Waals surface area (Å²) in [5.74, 6) is 0.715. The number of nitrogens with one attached hydrogen (secondary N) is 1. The number of hydrogen-bond donors (Lipinski definition) is 3. The molecule has 1 saturated heterocycles. The van der Waals surface area contributed by atoms with Gasteiger partial charge in [0.15, 0.2) is 0 Å². The van der Waals surface area contributed by atoms with Gasteiger partial charge >= 0.3 is 5.97 Å². The van der Waals surface area contributed by atoms with E-state index in [2.05, 4.69) is 40.4 Å². The maximum absolute atomic E-state index is 13.5. The molecule has 0 aliphatic carbocycles. The van der Waals surface area contributed by atoms with Gasteiger partial charge in [0.05, 0.1) is 19.2 Å². The van der Waals surface area contributed by atoms with Crippen LogP contribution in [-0.2, 0) is 14.3 Å². The molecule has 9 heteroatoms. The van der Waals surface area contributed by atoms with E-state index in [1.54, 1.807) is 12.1 Å². The Bertz CT molecular complexity index is 850. The van der Waals surface area contributed by atoms with Crippen molar-refractivity contribution in [3.63, 3.8) is 0 Å². The largest absolute Gasteiger partial charge is 0.466 e. The van der Waals surface area contributed by atoms with Gasteiger partial charge in [-0.3, -0.25) is 14.6 Å². The van der Waals surface area contributed by atoms with Gasteiger partial charge in [0.25, 0.3) is 0 Å². The van der Waals surface area contributed by atoms with E-state index in [0.29, 0.717) is 36.2 Å². The van der Waals surface area contributed by atoms with Gasteiger partial charge in [-0.2, -0.15) is 25.3 Å². The number of rotatable bonds is 12. The molecule has 2 bridgehead atoms. The fourth-order valence-electron chi connectivity index (χ4n) is 4.99. The minimum Gasteiger partial charge on any atom is -0.466 e. The van der Waals surface area contributed by atoms with Crippen molar-refractivity contribution in [1.29, 1.82) is 0 Å². The van der Waals surface area contributed by atoms with Gasteiger partial charge in [0.1, 0.15) is 5.82 Å². The second-order valence-corrected chi connectivity index (χ2v) is 9.40. The van der Waals surface area contributed by atoms with Crippen LogP contribution in [0.4, 0.5) is 4.39 Å². The Morgan fingerprint density at radius 1 is 1.18 bits per heavy atom. The van der Waals surface area contributed by atoms with Crippen molar-refractivity contribution in [1.82, 2.24) is 15.1 Å². The lowest BCUT2D eigenvalue weighted by atomic mass is 9.88. The number of carbonyl (C=O) groups excluding carboxylic acids is 2. The Labute approximate surface area is 206 Å². The molecule has 0 saturated carbocycles. The molecule has 1 N–H and O–H groups in total. The fraction of sp³-hybridized carbons (Fsp3) is 0.583. The highest BCUT2D eigenvalue weighted by atomic mass is 32.1. The Morgan fingerprint density at radius 3 is 2.61 bits per heavy atom. The Morgan fingerprint density at radius 2 is 1.94 bits per heavy atom. The number of halogens is 1. The predicted molar refractivity (Wildman–Crippen MR) is 135 cm³/mol. The second kappa shape index (κ2) is 12.8. The van der Waals surface area contributed by atoms with Crippen LogP contribution in [0.1, 0.15) is 31.2 Å². The van der Waals surface area contributed by atoms with Gasteiger partial charge in [-0.05, 0) is 55.5 Å². The van der Waals surface area contributed by atoms with Crippen molar-refractivity contribution in [2.75, 3.05) is 51.3 Å². The van der Waals surface area contributed by atoms with Crippen LogP contribution in [0.25, 0.3) is 5.57 Å². The van der Waals surface area contributed by atoms with Crippen molar-refractivity contribution < 1.29 is 18.7 Å². The number of nitrogens with zero attached hydrogens (tertiary/aromatic N) is 2. The number of carbonyl (C=O) groups is 2. The number of amides is 1. The lowest BCUT2D eigenvalue weighted by Crippen LogP contribution is -2.45. The highest BCUT2D eigenvalue weighted by molar-refractivity contribution is 7.80. The number of fused-ring (bicyclic) bond motifs is 2. The minimum absolute atomic E-state index is 0.00345. The van der Waals surface area contributed by atoms with E-state index in [9.17, 15) is 14.0 Å². The summed E-state index contributed by atoms with van der Waals surface area (Å²) in [6, 6.07) is 6.73. The summed E-state index contributed by atoms with van der Waals surface area (Å²) < 4.78 is 18.6. The lowest BCUT2D eigenvalue weighted by Gasteiger charge is -2.37. The smallest absolute Gasteiger partial charge is 0.335 e. The van der Waals surface area contributed by atoms with Crippen LogP contribution in [0.2, 0.25) is 0 Å². The van der Waals surface area contributed by atoms with Gasteiger partial charge in [-0.25, -0.2) is 9.18 Å². The van der Waals surface area contributed by atoms with Crippen molar-refractivity contribution in [3.8, 4) is 0 Å². The first-order valence-corrected chi connectivity index (χ1v) is 12.8. The summed E-state index contributed by atoms with van der Waals surface area (Å²) in [6.45, 7) is 3.28. The molecule has 1 amide bonds. The van der Waals surface area contributed by atoms with Crippen LogP contribution in [0, 0.1) is 5.82 Å². The van der Waals surface area contributed by atoms with Crippen LogP contribution < -0.4 is 5.32 Å². The van der Waals surface area contributed by atoms with E-state index < -0.39 is 0 Å². The van der Waals surface area contributed by atoms with Crippen LogP contribution in [-0.4, -0.2) is 85.1 Å². The Kier molecular flexibility index (Phi) is 10.1. The Hall–Kier alpha value is -1.55. The maximum Gasteiger partial charge on any atom is 0.335 e. The van der Waals surface area contributed by atoms with Crippen molar-refractivity contribution in [3.05, 3.63) is 41.2 Å². The average molecular weight is 496 g/mol. The van der Waals surface area contributed by atoms with Crippen molar-refractivity contribution in [2.24, 2.45) is 0 Å². The third-order valence-electron chi connectivity index (χ3n) is 6.45. The number of thiol groups is 2. The number of ether oxygens (including phenoxy) is 1. The molecule has 6 nitrogen and oxygen atoms in total. The third kappa shape index (κ3) is 6.74. The predicted octanol–water partition coefficient (Wildman–Crippen LogP) is 2.66. The fourth-order valence-corrected chi connectivity index (χ4v) is 5.38. The standard InChI is InChI=1S/C24H34FN3O3S2/c1-31-24(30)23-20(17-3-5-18(25)6-4-17)15-19-7-8-21(23)28(19)11-2-10-27(12-14-33)16-22(29)26-9-13-32/h3-6,19,21,32-33H,2,7-16H2,1H3,(H,26,29)/t19?,21-/m1/s1. The van der Waals surface area contributed by atoms with Crippen molar-refractivity contribution in [2.45, 2.75) is 37.8 Å². The molecule has 1 aromatic rings. The average Bonchev–Trinajstić information content (AvgIpc) is 3.08. The zero-order chi connectivity index (χ0) is 23.8. The first kappa shape index (κ1) is 26.1. The molecule has 1 unspecified atom stereocenters. The summed E-state index contributed by atoms with van der Waals surface area (Å²) in [4.78, 5) is 29.4. The summed E-state index contributed by atoms with van der Waals surface area (Å²) in [6.07, 6.45) is 3.56. The first-order chi connectivity index (χ1) is 16.0. The SMILES string of the molecule is COC(=O)C1=C(c2ccc(F)cc2)CC2CC[C@H]1N2CCCN(CCS)CC(=O)NCCS. The molecule has 2 aliphatic rings. The normalized spacial score (nSPS) is 20.4. The molecule has 33 heavy (non-hydrogen) atoms. The van der Waals surface area contributed by atoms with Gasteiger partial charge < -0.3 is 10.1 Å². The van der Waals surface area contributed by atoms with Crippen LogP contribution in [0.15, 0.2) is 29.8 Å². The molecule has 2 heterocycles. The zero-order valence-electron chi connectivity index (χ0n) is 19.1. The van der Waals surface area contributed by atoms with E-state index in [-0.39, 0.29) is 23.7 Å². The molecule has 0 spiro atoms. The summed E-state index contributed by atoms with van der Waals surface area (Å²) in [5, 5.41) is 2.86. The van der Waals surface area contributed by atoms with E-state index in [1.807, 2.05) is 0 Å². The van der Waals surface area contributed by atoms with Crippen molar-refractivity contribution >= 4 is 42.7 Å². The minimum atomic E-state index is -0.303. The molecular formula is C24H34FN3O3S2.